The van der Waals surface area contributed by atoms with Gasteiger partial charge in [0.05, 0.1) is 0 Å². The van der Waals surface area contributed by atoms with Crippen LogP contribution >= 0.6 is 11.8 Å². The number of hydrogen-bond donors (Lipinski definition) is 2. The summed E-state index contributed by atoms with van der Waals surface area (Å²) in [6, 6.07) is 10.3. The van der Waals surface area contributed by atoms with Crippen LogP contribution < -0.4 is 0 Å². The summed E-state index contributed by atoms with van der Waals surface area (Å²) in [6.45, 7) is 0. The van der Waals surface area contributed by atoms with E-state index >= 15 is 0 Å². The van der Waals surface area contributed by atoms with E-state index in [1.165, 1.54) is 23.9 Å². The lowest BCUT2D eigenvalue weighted by molar-refractivity contribution is 0.402. The van der Waals surface area contributed by atoms with Gasteiger partial charge in [-0.3, -0.25) is 0 Å². The molecule has 0 aliphatic carbocycles. The van der Waals surface area contributed by atoms with Gasteiger partial charge in [0.1, 0.15) is 5.03 Å². The summed E-state index contributed by atoms with van der Waals surface area (Å²) in [5.74, 6) is -0.226. The minimum absolute atomic E-state index is 0.111. The Morgan fingerprint density at radius 1 is 1.00 bits per heavy atom. The van der Waals surface area contributed by atoms with E-state index in [1.807, 2.05) is 18.2 Å². The molecule has 0 bridgehead atoms. The number of aromatic hydroxyl groups is 2. The van der Waals surface area contributed by atoms with Gasteiger partial charge in [-0.05, 0) is 30.3 Å². The summed E-state index contributed by atoms with van der Waals surface area (Å²) < 4.78 is 0. The second kappa shape index (κ2) is 4.23. The molecule has 0 spiro atoms. The van der Waals surface area contributed by atoms with E-state index < -0.39 is 0 Å². The summed E-state index contributed by atoms with van der Waals surface area (Å²) in [7, 11) is 0. The van der Waals surface area contributed by atoms with Crippen LogP contribution in [-0.2, 0) is 0 Å². The minimum Gasteiger partial charge on any atom is -0.504 e. The highest BCUT2D eigenvalue weighted by Crippen LogP contribution is 2.32. The third-order valence-electron chi connectivity index (χ3n) is 1.81. The molecule has 2 aromatic rings. The predicted molar refractivity (Wildman–Crippen MR) is 58.1 cm³/mol. The number of hydrogen-bond acceptors (Lipinski definition) is 4. The summed E-state index contributed by atoms with van der Waals surface area (Å²) in [5, 5.41) is 19.3. The fourth-order valence-corrected chi connectivity index (χ4v) is 1.90. The van der Waals surface area contributed by atoms with Crippen molar-refractivity contribution in [2.45, 2.75) is 9.92 Å². The van der Waals surface area contributed by atoms with Crippen molar-refractivity contribution in [2.75, 3.05) is 0 Å². The highest BCUT2D eigenvalue weighted by Gasteiger charge is 2.02. The fraction of sp³-hybridized carbons (Fsp3) is 0. The summed E-state index contributed by atoms with van der Waals surface area (Å²) >= 11 is 1.43. The average Bonchev–Trinajstić information content (AvgIpc) is 2.25. The van der Waals surface area contributed by atoms with E-state index in [0.717, 1.165) is 9.92 Å². The number of pyridine rings is 1. The van der Waals surface area contributed by atoms with Crippen molar-refractivity contribution in [3.05, 3.63) is 42.6 Å². The predicted octanol–water partition coefficient (Wildman–Crippen LogP) is 2.64. The molecule has 76 valence electrons. The maximum absolute atomic E-state index is 9.29. The second-order valence-corrected chi connectivity index (χ2v) is 4.01. The lowest BCUT2D eigenvalue weighted by Crippen LogP contribution is -1.77. The molecule has 0 amide bonds. The van der Waals surface area contributed by atoms with E-state index in [-0.39, 0.29) is 11.5 Å². The number of benzene rings is 1. The molecule has 2 rings (SSSR count). The highest BCUT2D eigenvalue weighted by atomic mass is 32.2. The molecule has 0 saturated heterocycles. The van der Waals surface area contributed by atoms with Crippen LogP contribution in [0.1, 0.15) is 0 Å². The van der Waals surface area contributed by atoms with E-state index in [0.29, 0.717) is 0 Å². The van der Waals surface area contributed by atoms with Gasteiger partial charge in [-0.15, -0.1) is 0 Å². The van der Waals surface area contributed by atoms with E-state index in [9.17, 15) is 5.11 Å². The Morgan fingerprint density at radius 3 is 2.53 bits per heavy atom. The molecular weight excluding hydrogens is 210 g/mol. The maximum atomic E-state index is 9.29. The molecule has 0 unspecified atom stereocenters. The maximum Gasteiger partial charge on any atom is 0.158 e. The zero-order valence-electron chi connectivity index (χ0n) is 7.79. The Morgan fingerprint density at radius 2 is 1.87 bits per heavy atom. The minimum atomic E-state index is -0.115. The lowest BCUT2D eigenvalue weighted by atomic mass is 10.3. The number of aromatic nitrogens is 1. The van der Waals surface area contributed by atoms with E-state index in [2.05, 4.69) is 4.98 Å². The highest BCUT2D eigenvalue weighted by molar-refractivity contribution is 7.99. The van der Waals surface area contributed by atoms with Crippen LogP contribution in [0.3, 0.4) is 0 Å². The Balaban J connectivity index is 2.22. The third kappa shape index (κ3) is 2.41. The van der Waals surface area contributed by atoms with Crippen LogP contribution in [0.2, 0.25) is 0 Å². The molecule has 0 saturated carbocycles. The molecule has 0 radical (unpaired) electrons. The summed E-state index contributed by atoms with van der Waals surface area (Å²) in [5.41, 5.74) is 0. The number of rotatable bonds is 2. The van der Waals surface area contributed by atoms with E-state index in [4.69, 9.17) is 5.11 Å². The number of nitrogens with zero attached hydrogens (tertiary/aromatic N) is 1. The van der Waals surface area contributed by atoms with Crippen molar-refractivity contribution in [2.24, 2.45) is 0 Å². The van der Waals surface area contributed by atoms with Crippen molar-refractivity contribution < 1.29 is 10.2 Å². The first kappa shape index (κ1) is 9.86. The van der Waals surface area contributed by atoms with Gasteiger partial charge in [-0.1, -0.05) is 17.8 Å². The Labute approximate surface area is 91.4 Å². The molecule has 1 aromatic heterocycles. The van der Waals surface area contributed by atoms with Crippen molar-refractivity contribution in [3.8, 4) is 11.5 Å². The standard InChI is InChI=1S/C11H9NO2S/c13-9-5-4-8(7-10(9)14)15-11-3-1-2-6-12-11/h1-7,13-14H. The monoisotopic (exact) mass is 219 g/mol. The Bertz CT molecular complexity index is 459. The van der Waals surface area contributed by atoms with Crippen LogP contribution in [0.15, 0.2) is 52.5 Å². The zero-order valence-corrected chi connectivity index (χ0v) is 8.61. The summed E-state index contributed by atoms with van der Waals surface area (Å²) in [6.07, 6.45) is 1.71. The second-order valence-electron chi connectivity index (χ2n) is 2.92. The quantitative estimate of drug-likeness (QED) is 0.762. The van der Waals surface area contributed by atoms with Gasteiger partial charge < -0.3 is 10.2 Å². The smallest absolute Gasteiger partial charge is 0.158 e. The van der Waals surface area contributed by atoms with Crippen LogP contribution in [0.4, 0.5) is 0 Å². The first-order valence-electron chi connectivity index (χ1n) is 4.36. The van der Waals surface area contributed by atoms with Gasteiger partial charge in [0.15, 0.2) is 11.5 Å². The molecule has 0 atom stereocenters. The van der Waals surface area contributed by atoms with Crippen LogP contribution in [0.25, 0.3) is 0 Å². The first-order valence-corrected chi connectivity index (χ1v) is 5.18. The van der Waals surface area contributed by atoms with Gasteiger partial charge >= 0.3 is 0 Å². The van der Waals surface area contributed by atoms with E-state index in [1.54, 1.807) is 12.3 Å². The third-order valence-corrected chi connectivity index (χ3v) is 2.75. The van der Waals surface area contributed by atoms with Crippen molar-refractivity contribution in [1.29, 1.82) is 0 Å². The molecule has 0 fully saturated rings. The largest absolute Gasteiger partial charge is 0.504 e. The average molecular weight is 219 g/mol. The van der Waals surface area contributed by atoms with Crippen LogP contribution in [0.5, 0.6) is 11.5 Å². The van der Waals surface area contributed by atoms with Gasteiger partial charge in [0.2, 0.25) is 0 Å². The molecule has 4 heteroatoms. The zero-order chi connectivity index (χ0) is 10.7. The molecule has 15 heavy (non-hydrogen) atoms. The normalized spacial score (nSPS) is 10.1. The number of phenols is 2. The number of phenolic OH excluding ortho intramolecular Hbond substituents is 2. The van der Waals surface area contributed by atoms with Crippen molar-refractivity contribution in [3.63, 3.8) is 0 Å². The van der Waals surface area contributed by atoms with Gasteiger partial charge in [-0.2, -0.15) is 0 Å². The van der Waals surface area contributed by atoms with Crippen molar-refractivity contribution in [1.82, 2.24) is 4.98 Å². The fourth-order valence-electron chi connectivity index (χ4n) is 1.09. The van der Waals surface area contributed by atoms with Gasteiger partial charge in [0.25, 0.3) is 0 Å². The van der Waals surface area contributed by atoms with Crippen molar-refractivity contribution >= 4 is 11.8 Å². The molecule has 0 aliphatic rings. The van der Waals surface area contributed by atoms with Gasteiger partial charge in [-0.25, -0.2) is 4.98 Å². The molecule has 2 N–H and O–H groups in total. The Hall–Kier alpha value is -1.68. The lowest BCUT2D eigenvalue weighted by Gasteiger charge is -2.02. The SMILES string of the molecule is Oc1ccc(Sc2ccccn2)cc1O. The molecular formula is C11H9NO2S. The topological polar surface area (TPSA) is 53.4 Å². The molecule has 1 aromatic carbocycles. The Kier molecular flexibility index (Phi) is 2.78. The van der Waals surface area contributed by atoms with Crippen LogP contribution in [0, 0.1) is 0 Å². The van der Waals surface area contributed by atoms with Gasteiger partial charge in [0, 0.05) is 11.1 Å². The molecule has 1 heterocycles. The first-order chi connectivity index (χ1) is 7.25. The van der Waals surface area contributed by atoms with Crippen LogP contribution in [-0.4, -0.2) is 15.2 Å². The molecule has 0 aliphatic heterocycles. The summed E-state index contributed by atoms with van der Waals surface area (Å²) in [4.78, 5) is 4.98. The molecule has 3 nitrogen and oxygen atoms in total.